The molecule has 0 spiro atoms. The second-order valence-electron chi connectivity index (χ2n) is 14.0. The van der Waals surface area contributed by atoms with Gasteiger partial charge in [-0.3, -0.25) is 20.2 Å². The van der Waals surface area contributed by atoms with Crippen LogP contribution in [0.15, 0.2) is 84.9 Å². The van der Waals surface area contributed by atoms with Gasteiger partial charge in [0.25, 0.3) is 11.8 Å². The number of hydrogen-bond donors (Lipinski definition) is 4. The summed E-state index contributed by atoms with van der Waals surface area (Å²) in [6.45, 7) is 20.9. The molecule has 0 bridgehead atoms. The Kier molecular flexibility index (Phi) is 12.8. The lowest BCUT2D eigenvalue weighted by atomic mass is 9.86. The van der Waals surface area contributed by atoms with E-state index in [9.17, 15) is 9.59 Å². The minimum Gasteiger partial charge on any atom is -0.332 e. The molecule has 4 rings (SSSR count). The molecule has 4 N–H and O–H groups in total. The molecule has 4 aromatic rings. The van der Waals surface area contributed by atoms with Crippen LogP contribution < -0.4 is 21.3 Å². The largest absolute Gasteiger partial charge is 0.332 e. The molecule has 0 saturated carbocycles. The Bertz CT molecular complexity index is 1610. The summed E-state index contributed by atoms with van der Waals surface area (Å²) in [5, 5.41) is 12.3. The number of nitrogens with one attached hydrogen (secondary N) is 4. The highest BCUT2D eigenvalue weighted by atomic mass is 32.1. The van der Waals surface area contributed by atoms with E-state index in [4.69, 9.17) is 24.4 Å². The van der Waals surface area contributed by atoms with E-state index in [1.165, 1.54) is 11.1 Å². The molecule has 0 aromatic heterocycles. The minimum atomic E-state index is -0.209. The van der Waals surface area contributed by atoms with E-state index in [2.05, 4.69) is 62.8 Å². The van der Waals surface area contributed by atoms with E-state index in [0.29, 0.717) is 21.4 Å². The second-order valence-corrected chi connectivity index (χ2v) is 14.8. The lowest BCUT2D eigenvalue weighted by Gasteiger charge is -2.19. The van der Waals surface area contributed by atoms with Crippen molar-refractivity contribution in [3.8, 4) is 0 Å². The Balaban J connectivity index is 0.000000260. The molecule has 0 atom stereocenters. The van der Waals surface area contributed by atoms with E-state index in [0.717, 1.165) is 33.6 Å². The average Bonchev–Trinajstić information content (AvgIpc) is 3.00. The van der Waals surface area contributed by atoms with Crippen LogP contribution in [0.1, 0.15) is 95.6 Å². The van der Waals surface area contributed by atoms with Crippen LogP contribution in [-0.2, 0) is 10.8 Å². The summed E-state index contributed by atoms with van der Waals surface area (Å²) < 4.78 is 0. The predicted molar refractivity (Wildman–Crippen MR) is 209 cm³/mol. The number of carbonyl (C=O) groups is 2. The Morgan fingerprint density at radius 2 is 0.750 bits per heavy atom. The topological polar surface area (TPSA) is 82.3 Å². The van der Waals surface area contributed by atoms with E-state index in [1.807, 2.05) is 113 Å². The zero-order valence-corrected chi connectivity index (χ0v) is 31.3. The van der Waals surface area contributed by atoms with Gasteiger partial charge in [-0.05, 0) is 121 Å². The fourth-order valence-electron chi connectivity index (χ4n) is 4.91. The molecular formula is C40H48N4O2S2. The third-order valence-corrected chi connectivity index (χ3v) is 8.33. The van der Waals surface area contributed by atoms with Gasteiger partial charge < -0.3 is 10.6 Å². The summed E-state index contributed by atoms with van der Waals surface area (Å²) in [5.41, 5.74) is 9.90. The Hall–Kier alpha value is -4.40. The molecule has 8 heteroatoms. The summed E-state index contributed by atoms with van der Waals surface area (Å²) in [7, 11) is 0. The third kappa shape index (κ3) is 10.8. The normalized spacial score (nSPS) is 11.0. The van der Waals surface area contributed by atoms with Crippen molar-refractivity contribution in [2.24, 2.45) is 0 Å². The summed E-state index contributed by atoms with van der Waals surface area (Å²) in [5.74, 6) is -0.418. The molecule has 0 aliphatic carbocycles. The number of benzene rings is 4. The van der Waals surface area contributed by atoms with Crippen LogP contribution in [0.25, 0.3) is 0 Å². The van der Waals surface area contributed by atoms with E-state index < -0.39 is 0 Å². The highest BCUT2D eigenvalue weighted by Gasteiger charge is 2.16. The molecule has 6 nitrogen and oxygen atoms in total. The van der Waals surface area contributed by atoms with Crippen LogP contribution in [0.4, 0.5) is 11.4 Å². The lowest BCUT2D eigenvalue weighted by Crippen LogP contribution is -2.34. The predicted octanol–water partition coefficient (Wildman–Crippen LogP) is 9.46. The van der Waals surface area contributed by atoms with Crippen molar-refractivity contribution in [3.05, 3.63) is 129 Å². The van der Waals surface area contributed by atoms with Crippen molar-refractivity contribution in [2.75, 3.05) is 10.6 Å². The number of aryl methyl sites for hydroxylation is 4. The quantitative estimate of drug-likeness (QED) is 0.161. The van der Waals surface area contributed by atoms with Gasteiger partial charge in [0, 0.05) is 22.5 Å². The van der Waals surface area contributed by atoms with Crippen LogP contribution in [0.5, 0.6) is 0 Å². The molecule has 0 aliphatic rings. The van der Waals surface area contributed by atoms with E-state index in [1.54, 1.807) is 0 Å². The van der Waals surface area contributed by atoms with Crippen LogP contribution >= 0.6 is 24.4 Å². The Labute approximate surface area is 297 Å². The molecule has 4 aromatic carbocycles. The number of carbonyl (C=O) groups excluding carboxylic acids is 2. The molecule has 0 radical (unpaired) electrons. The third-order valence-electron chi connectivity index (χ3n) is 7.92. The van der Waals surface area contributed by atoms with Crippen LogP contribution in [0.3, 0.4) is 0 Å². The van der Waals surface area contributed by atoms with E-state index in [-0.39, 0.29) is 22.6 Å². The van der Waals surface area contributed by atoms with Gasteiger partial charge in [0.15, 0.2) is 10.2 Å². The summed E-state index contributed by atoms with van der Waals surface area (Å²) in [6, 6.07) is 27.3. The molecule has 252 valence electrons. The van der Waals surface area contributed by atoms with Gasteiger partial charge in [-0.1, -0.05) is 102 Å². The first-order valence-corrected chi connectivity index (χ1v) is 16.8. The fraction of sp³-hybridized carbons (Fsp3) is 0.300. The number of amides is 2. The number of rotatable bonds is 4. The van der Waals surface area contributed by atoms with Gasteiger partial charge in [0.1, 0.15) is 0 Å². The second kappa shape index (κ2) is 16.1. The Morgan fingerprint density at radius 3 is 1.00 bits per heavy atom. The summed E-state index contributed by atoms with van der Waals surface area (Å²) in [4.78, 5) is 24.7. The number of hydrogen-bond acceptors (Lipinski definition) is 4. The standard InChI is InChI=1S/2C20H24N2OS/c2*1-13-7-6-8-14(2)17(13)21-19(24)22-18(23)15-9-11-16(12-10-15)20(3,4)5/h2*6-12H,1-5H3,(H2,21,22,23,24). The molecule has 0 saturated heterocycles. The van der Waals surface area contributed by atoms with Gasteiger partial charge in [-0.15, -0.1) is 0 Å². The minimum absolute atomic E-state index is 0.0637. The van der Waals surface area contributed by atoms with Crippen molar-refractivity contribution in [1.82, 2.24) is 10.6 Å². The molecule has 0 aliphatic heterocycles. The van der Waals surface area contributed by atoms with Crippen molar-refractivity contribution < 1.29 is 9.59 Å². The number of anilines is 2. The maximum atomic E-state index is 12.3. The zero-order valence-electron chi connectivity index (χ0n) is 29.7. The van der Waals surface area contributed by atoms with Crippen molar-refractivity contribution in [3.63, 3.8) is 0 Å². The molecular weight excluding hydrogens is 633 g/mol. The highest BCUT2D eigenvalue weighted by molar-refractivity contribution is 7.80. The van der Waals surface area contributed by atoms with Crippen LogP contribution in [-0.4, -0.2) is 22.0 Å². The molecule has 48 heavy (non-hydrogen) atoms. The first kappa shape index (κ1) is 38.1. The van der Waals surface area contributed by atoms with Gasteiger partial charge in [-0.2, -0.15) is 0 Å². The fourth-order valence-corrected chi connectivity index (χ4v) is 5.30. The molecule has 0 heterocycles. The summed E-state index contributed by atoms with van der Waals surface area (Å²) in [6.07, 6.45) is 0. The SMILES string of the molecule is Cc1cccc(C)c1NC(=S)NC(=O)c1ccc(C(C)(C)C)cc1.Cc1cccc(C)c1NC(=S)NC(=O)c1ccc(C(C)(C)C)cc1. The van der Waals surface area contributed by atoms with Crippen molar-refractivity contribution >= 4 is 57.8 Å². The van der Waals surface area contributed by atoms with Crippen LogP contribution in [0, 0.1) is 27.7 Å². The smallest absolute Gasteiger partial charge is 0.257 e. The monoisotopic (exact) mass is 680 g/mol. The van der Waals surface area contributed by atoms with Gasteiger partial charge in [0.05, 0.1) is 0 Å². The van der Waals surface area contributed by atoms with Gasteiger partial charge in [-0.25, -0.2) is 0 Å². The Morgan fingerprint density at radius 1 is 0.479 bits per heavy atom. The first-order chi connectivity index (χ1) is 22.4. The maximum absolute atomic E-state index is 12.3. The van der Waals surface area contributed by atoms with E-state index >= 15 is 0 Å². The van der Waals surface area contributed by atoms with Gasteiger partial charge in [0.2, 0.25) is 0 Å². The molecule has 2 amide bonds. The lowest BCUT2D eigenvalue weighted by molar-refractivity contribution is 0.0969. The van der Waals surface area contributed by atoms with Crippen molar-refractivity contribution in [2.45, 2.75) is 80.1 Å². The molecule has 0 unspecified atom stereocenters. The zero-order chi connectivity index (χ0) is 35.8. The average molecular weight is 681 g/mol. The summed E-state index contributed by atoms with van der Waals surface area (Å²) >= 11 is 10.5. The highest BCUT2D eigenvalue weighted by Crippen LogP contribution is 2.24. The van der Waals surface area contributed by atoms with Gasteiger partial charge >= 0.3 is 0 Å². The van der Waals surface area contributed by atoms with Crippen LogP contribution in [0.2, 0.25) is 0 Å². The number of para-hydroxylation sites is 2. The number of thiocarbonyl (C=S) groups is 2. The van der Waals surface area contributed by atoms with Crippen molar-refractivity contribution in [1.29, 1.82) is 0 Å². The first-order valence-electron chi connectivity index (χ1n) is 15.9. The molecule has 0 fully saturated rings. The maximum Gasteiger partial charge on any atom is 0.257 e.